The molecule has 0 bridgehead atoms. The molecule has 2 aromatic carbocycles. The highest BCUT2D eigenvalue weighted by molar-refractivity contribution is 6.02. The summed E-state index contributed by atoms with van der Waals surface area (Å²) in [5.74, 6) is 0.773. The number of carbonyl (C=O) groups is 1. The van der Waals surface area contributed by atoms with E-state index >= 15 is 0 Å². The summed E-state index contributed by atoms with van der Waals surface area (Å²) < 4.78 is 28.6. The van der Waals surface area contributed by atoms with Crippen LogP contribution in [-0.2, 0) is 4.79 Å². The van der Waals surface area contributed by atoms with Gasteiger partial charge in [-0.25, -0.2) is 4.39 Å². The molecule has 0 spiro atoms. The Morgan fingerprint density at radius 3 is 2.08 bits per heavy atom. The lowest BCUT2D eigenvalue weighted by Gasteiger charge is -2.12. The predicted octanol–water partition coefficient (Wildman–Crippen LogP) is 3.50. The van der Waals surface area contributed by atoms with E-state index in [4.69, 9.17) is 14.2 Å². The SMILES string of the molecule is COc1cc(/C=C/C(=O)Nc2ccc(F)cc2)cc(OC)c1OC. The number of methoxy groups -OCH3 is 3. The standard InChI is InChI=1S/C18H18FNO4/c1-22-15-10-12(11-16(23-2)18(15)24-3)4-9-17(21)20-14-7-5-13(19)6-8-14/h4-11H,1-3H3,(H,20,21)/b9-4+. The summed E-state index contributed by atoms with van der Waals surface area (Å²) >= 11 is 0. The molecule has 2 aromatic rings. The van der Waals surface area contributed by atoms with E-state index in [9.17, 15) is 9.18 Å². The zero-order valence-corrected chi connectivity index (χ0v) is 13.6. The fourth-order valence-electron chi connectivity index (χ4n) is 2.09. The van der Waals surface area contributed by atoms with Gasteiger partial charge in [0.25, 0.3) is 0 Å². The number of ether oxygens (including phenoxy) is 3. The molecule has 126 valence electrons. The topological polar surface area (TPSA) is 56.8 Å². The van der Waals surface area contributed by atoms with Crippen molar-refractivity contribution in [3.8, 4) is 17.2 Å². The van der Waals surface area contributed by atoms with Gasteiger partial charge in [0.15, 0.2) is 11.5 Å². The second kappa shape index (κ2) is 8.01. The molecule has 0 aliphatic rings. The van der Waals surface area contributed by atoms with E-state index in [0.717, 1.165) is 0 Å². The Morgan fingerprint density at radius 2 is 1.58 bits per heavy atom. The van der Waals surface area contributed by atoms with E-state index in [1.807, 2.05) is 0 Å². The van der Waals surface area contributed by atoms with Crippen molar-refractivity contribution in [1.29, 1.82) is 0 Å². The number of benzene rings is 2. The van der Waals surface area contributed by atoms with Gasteiger partial charge in [-0.3, -0.25) is 4.79 Å². The summed E-state index contributed by atoms with van der Waals surface area (Å²) in [5, 5.41) is 2.64. The van der Waals surface area contributed by atoms with Crippen LogP contribution in [0.5, 0.6) is 17.2 Å². The van der Waals surface area contributed by atoms with Crippen molar-refractivity contribution in [2.45, 2.75) is 0 Å². The number of hydrogen-bond acceptors (Lipinski definition) is 4. The number of anilines is 1. The van der Waals surface area contributed by atoms with Crippen LogP contribution in [0.2, 0.25) is 0 Å². The largest absolute Gasteiger partial charge is 0.493 e. The highest BCUT2D eigenvalue weighted by Gasteiger charge is 2.12. The molecule has 0 saturated heterocycles. The molecule has 1 N–H and O–H groups in total. The molecule has 0 aliphatic carbocycles. The Labute approximate surface area is 139 Å². The molecule has 6 heteroatoms. The Hall–Kier alpha value is -3.02. The van der Waals surface area contributed by atoms with Crippen molar-refractivity contribution < 1.29 is 23.4 Å². The van der Waals surface area contributed by atoms with E-state index in [-0.39, 0.29) is 11.7 Å². The van der Waals surface area contributed by atoms with E-state index in [1.165, 1.54) is 51.7 Å². The second-order valence-electron chi connectivity index (χ2n) is 4.79. The number of rotatable bonds is 6. The van der Waals surface area contributed by atoms with E-state index in [0.29, 0.717) is 28.5 Å². The van der Waals surface area contributed by atoms with Crippen LogP contribution in [0.3, 0.4) is 0 Å². The predicted molar refractivity (Wildman–Crippen MR) is 90.2 cm³/mol. The molecular formula is C18H18FNO4. The summed E-state index contributed by atoms with van der Waals surface area (Å²) in [4.78, 5) is 11.9. The van der Waals surface area contributed by atoms with Crippen molar-refractivity contribution >= 4 is 17.7 Å². The molecule has 5 nitrogen and oxygen atoms in total. The average molecular weight is 331 g/mol. The maximum atomic E-state index is 12.8. The maximum Gasteiger partial charge on any atom is 0.248 e. The first-order valence-electron chi connectivity index (χ1n) is 7.12. The third kappa shape index (κ3) is 4.25. The molecule has 0 saturated carbocycles. The minimum Gasteiger partial charge on any atom is -0.493 e. The Kier molecular flexibility index (Phi) is 5.78. The minimum absolute atomic E-state index is 0.338. The van der Waals surface area contributed by atoms with Gasteiger partial charge in [-0.05, 0) is 48.0 Å². The average Bonchev–Trinajstić information content (AvgIpc) is 2.60. The Balaban J connectivity index is 2.15. The zero-order chi connectivity index (χ0) is 17.5. The summed E-state index contributed by atoms with van der Waals surface area (Å²) in [6.07, 6.45) is 2.98. The summed E-state index contributed by atoms with van der Waals surface area (Å²) in [6, 6.07) is 8.98. The van der Waals surface area contributed by atoms with Gasteiger partial charge in [-0.2, -0.15) is 0 Å². The van der Waals surface area contributed by atoms with Gasteiger partial charge < -0.3 is 19.5 Å². The second-order valence-corrected chi connectivity index (χ2v) is 4.79. The number of halogens is 1. The summed E-state index contributed by atoms with van der Waals surface area (Å²) in [6.45, 7) is 0. The van der Waals surface area contributed by atoms with Crippen molar-refractivity contribution in [2.24, 2.45) is 0 Å². The molecule has 0 radical (unpaired) electrons. The summed E-state index contributed by atoms with van der Waals surface area (Å²) in [5.41, 5.74) is 1.22. The Morgan fingerprint density at radius 1 is 1.00 bits per heavy atom. The third-order valence-corrected chi connectivity index (χ3v) is 3.23. The molecule has 2 rings (SSSR count). The maximum absolute atomic E-state index is 12.8. The van der Waals surface area contributed by atoms with Crippen LogP contribution in [0.1, 0.15) is 5.56 Å². The van der Waals surface area contributed by atoms with Gasteiger partial charge in [0.05, 0.1) is 21.3 Å². The monoisotopic (exact) mass is 331 g/mol. The van der Waals surface area contributed by atoms with Crippen LogP contribution in [0, 0.1) is 5.82 Å². The quantitative estimate of drug-likeness (QED) is 0.823. The van der Waals surface area contributed by atoms with Gasteiger partial charge in [-0.15, -0.1) is 0 Å². The number of hydrogen-bond donors (Lipinski definition) is 1. The van der Waals surface area contributed by atoms with Crippen LogP contribution < -0.4 is 19.5 Å². The zero-order valence-electron chi connectivity index (χ0n) is 13.6. The highest BCUT2D eigenvalue weighted by Crippen LogP contribution is 2.38. The smallest absolute Gasteiger partial charge is 0.248 e. The molecule has 0 atom stereocenters. The normalized spacial score (nSPS) is 10.5. The van der Waals surface area contributed by atoms with Gasteiger partial charge in [0.1, 0.15) is 5.82 Å². The lowest BCUT2D eigenvalue weighted by atomic mass is 10.1. The van der Waals surface area contributed by atoms with Crippen LogP contribution in [0.4, 0.5) is 10.1 Å². The van der Waals surface area contributed by atoms with Crippen molar-refractivity contribution in [3.05, 3.63) is 53.9 Å². The molecule has 0 fully saturated rings. The minimum atomic E-state index is -0.360. The first-order chi connectivity index (χ1) is 11.6. The highest BCUT2D eigenvalue weighted by atomic mass is 19.1. The van der Waals surface area contributed by atoms with Crippen LogP contribution in [-0.4, -0.2) is 27.2 Å². The van der Waals surface area contributed by atoms with Gasteiger partial charge in [0, 0.05) is 11.8 Å². The van der Waals surface area contributed by atoms with E-state index in [2.05, 4.69) is 5.32 Å². The molecule has 1 amide bonds. The van der Waals surface area contributed by atoms with Crippen LogP contribution >= 0.6 is 0 Å². The molecule has 0 aromatic heterocycles. The van der Waals surface area contributed by atoms with Gasteiger partial charge >= 0.3 is 0 Å². The van der Waals surface area contributed by atoms with E-state index < -0.39 is 0 Å². The van der Waals surface area contributed by atoms with Crippen molar-refractivity contribution in [2.75, 3.05) is 26.6 Å². The molecule has 0 heterocycles. The molecular weight excluding hydrogens is 313 g/mol. The fourth-order valence-corrected chi connectivity index (χ4v) is 2.09. The lowest BCUT2D eigenvalue weighted by Crippen LogP contribution is -2.07. The Bertz CT molecular complexity index is 716. The first kappa shape index (κ1) is 17.3. The van der Waals surface area contributed by atoms with Crippen LogP contribution in [0.25, 0.3) is 6.08 Å². The van der Waals surface area contributed by atoms with Crippen molar-refractivity contribution in [1.82, 2.24) is 0 Å². The third-order valence-electron chi connectivity index (χ3n) is 3.23. The van der Waals surface area contributed by atoms with Gasteiger partial charge in [0.2, 0.25) is 11.7 Å². The fraction of sp³-hybridized carbons (Fsp3) is 0.167. The summed E-state index contributed by atoms with van der Waals surface area (Å²) in [7, 11) is 4.56. The lowest BCUT2D eigenvalue weighted by molar-refractivity contribution is -0.111. The number of nitrogens with one attached hydrogen (secondary N) is 1. The number of amides is 1. The van der Waals surface area contributed by atoms with E-state index in [1.54, 1.807) is 18.2 Å². The van der Waals surface area contributed by atoms with Crippen LogP contribution in [0.15, 0.2) is 42.5 Å². The first-order valence-corrected chi connectivity index (χ1v) is 7.12. The van der Waals surface area contributed by atoms with Crippen molar-refractivity contribution in [3.63, 3.8) is 0 Å². The molecule has 24 heavy (non-hydrogen) atoms. The number of carbonyl (C=O) groups excluding carboxylic acids is 1. The molecule has 0 unspecified atom stereocenters. The van der Waals surface area contributed by atoms with Gasteiger partial charge in [-0.1, -0.05) is 0 Å². The molecule has 0 aliphatic heterocycles.